The minimum Gasteiger partial charge on any atom is -0.478 e. The van der Waals surface area contributed by atoms with E-state index in [0.29, 0.717) is 18.7 Å². The first-order valence-electron chi connectivity index (χ1n) is 5.57. The van der Waals surface area contributed by atoms with Crippen LogP contribution in [0.3, 0.4) is 0 Å². The van der Waals surface area contributed by atoms with E-state index in [1.54, 1.807) is 18.7 Å². The second-order valence-corrected chi connectivity index (χ2v) is 4.30. The van der Waals surface area contributed by atoms with Gasteiger partial charge in [-0.1, -0.05) is 0 Å². The van der Waals surface area contributed by atoms with Crippen LogP contribution >= 0.6 is 0 Å². The van der Waals surface area contributed by atoms with Crippen molar-refractivity contribution in [3.63, 3.8) is 0 Å². The van der Waals surface area contributed by atoms with E-state index in [0.717, 1.165) is 0 Å². The Morgan fingerprint density at radius 3 is 2.76 bits per heavy atom. The smallest absolute Gasteiger partial charge is 0.339 e. The van der Waals surface area contributed by atoms with Crippen LogP contribution in [0, 0.1) is 0 Å². The second-order valence-electron chi connectivity index (χ2n) is 4.30. The number of aryl methyl sites for hydroxylation is 1. The summed E-state index contributed by atoms with van der Waals surface area (Å²) in [4.78, 5) is 10.9. The molecule has 0 bridgehead atoms. The molecule has 1 rings (SSSR count). The molecule has 1 heterocycles. The maximum Gasteiger partial charge on any atom is 0.339 e. The van der Waals surface area contributed by atoms with Gasteiger partial charge in [-0.05, 0) is 20.3 Å². The van der Waals surface area contributed by atoms with Crippen molar-refractivity contribution >= 4 is 5.97 Å². The van der Waals surface area contributed by atoms with Crippen molar-refractivity contribution in [1.82, 2.24) is 15.1 Å². The van der Waals surface area contributed by atoms with Crippen molar-refractivity contribution in [3.8, 4) is 0 Å². The third-order valence-electron chi connectivity index (χ3n) is 2.60. The molecule has 0 aromatic carbocycles. The molecule has 6 heteroatoms. The standard InChI is InChI=1S/C11H19N3O3/c1-7(4-8(2)15)12-6-10-9(11(16)17)5-13-14(10)3/h5,7-8,12,15H,4,6H2,1-3H3,(H,16,17). The second kappa shape index (κ2) is 5.79. The third-order valence-corrected chi connectivity index (χ3v) is 2.60. The summed E-state index contributed by atoms with van der Waals surface area (Å²) in [7, 11) is 1.71. The van der Waals surface area contributed by atoms with E-state index in [1.165, 1.54) is 6.20 Å². The van der Waals surface area contributed by atoms with E-state index in [4.69, 9.17) is 5.11 Å². The summed E-state index contributed by atoms with van der Waals surface area (Å²) in [6, 6.07) is 0.117. The van der Waals surface area contributed by atoms with Crippen molar-refractivity contribution in [1.29, 1.82) is 0 Å². The zero-order valence-electron chi connectivity index (χ0n) is 10.3. The Morgan fingerprint density at radius 2 is 2.24 bits per heavy atom. The number of hydrogen-bond acceptors (Lipinski definition) is 4. The normalized spacial score (nSPS) is 14.6. The maximum atomic E-state index is 10.9. The number of carboxylic acid groups (broad SMARTS) is 1. The van der Waals surface area contributed by atoms with Gasteiger partial charge in [0.25, 0.3) is 0 Å². The number of aliphatic hydroxyl groups is 1. The van der Waals surface area contributed by atoms with Gasteiger partial charge in [0.1, 0.15) is 5.56 Å². The van der Waals surface area contributed by atoms with Gasteiger partial charge in [0.2, 0.25) is 0 Å². The van der Waals surface area contributed by atoms with Gasteiger partial charge in [0.05, 0.1) is 18.0 Å². The number of rotatable bonds is 6. The molecule has 0 saturated heterocycles. The molecule has 0 aliphatic rings. The summed E-state index contributed by atoms with van der Waals surface area (Å²) in [5, 5.41) is 25.3. The fourth-order valence-electron chi connectivity index (χ4n) is 1.72. The fraction of sp³-hybridized carbons (Fsp3) is 0.636. The zero-order chi connectivity index (χ0) is 13.0. The average molecular weight is 241 g/mol. The van der Waals surface area contributed by atoms with Gasteiger partial charge in [0.15, 0.2) is 0 Å². The van der Waals surface area contributed by atoms with Crippen molar-refractivity contribution in [2.75, 3.05) is 0 Å². The molecular formula is C11H19N3O3. The lowest BCUT2D eigenvalue weighted by atomic mass is 10.1. The Hall–Kier alpha value is -1.40. The van der Waals surface area contributed by atoms with Gasteiger partial charge in [-0.2, -0.15) is 5.10 Å². The number of aromatic nitrogens is 2. The van der Waals surface area contributed by atoms with E-state index in [9.17, 15) is 9.90 Å². The van der Waals surface area contributed by atoms with Crippen LogP contribution < -0.4 is 5.32 Å². The van der Waals surface area contributed by atoms with Crippen LogP contribution in [0.2, 0.25) is 0 Å². The first-order chi connectivity index (χ1) is 7.91. The average Bonchev–Trinajstić information content (AvgIpc) is 2.55. The molecule has 1 aromatic rings. The lowest BCUT2D eigenvalue weighted by Gasteiger charge is -2.15. The molecule has 17 heavy (non-hydrogen) atoms. The first-order valence-corrected chi connectivity index (χ1v) is 5.57. The molecule has 0 aliphatic carbocycles. The van der Waals surface area contributed by atoms with E-state index >= 15 is 0 Å². The van der Waals surface area contributed by atoms with Gasteiger partial charge in [-0.3, -0.25) is 4.68 Å². The van der Waals surface area contributed by atoms with E-state index in [-0.39, 0.29) is 17.7 Å². The molecule has 0 saturated carbocycles. The number of carboxylic acids is 1. The molecule has 0 aliphatic heterocycles. The molecule has 2 unspecified atom stereocenters. The number of nitrogens with zero attached hydrogens (tertiary/aromatic N) is 2. The molecular weight excluding hydrogens is 222 g/mol. The molecule has 6 nitrogen and oxygen atoms in total. The van der Waals surface area contributed by atoms with Gasteiger partial charge < -0.3 is 15.5 Å². The first kappa shape index (κ1) is 13.7. The van der Waals surface area contributed by atoms with Crippen molar-refractivity contribution < 1.29 is 15.0 Å². The molecule has 3 N–H and O–H groups in total. The van der Waals surface area contributed by atoms with Gasteiger partial charge in [0, 0.05) is 19.6 Å². The van der Waals surface area contributed by atoms with E-state index < -0.39 is 5.97 Å². The Kier molecular flexibility index (Phi) is 4.65. The van der Waals surface area contributed by atoms with Crippen LogP contribution in [-0.4, -0.2) is 38.1 Å². The highest BCUT2D eigenvalue weighted by atomic mass is 16.4. The van der Waals surface area contributed by atoms with Crippen LogP contribution in [0.15, 0.2) is 6.20 Å². The van der Waals surface area contributed by atoms with E-state index in [2.05, 4.69) is 10.4 Å². The van der Waals surface area contributed by atoms with Crippen LogP contribution in [0.1, 0.15) is 36.3 Å². The largest absolute Gasteiger partial charge is 0.478 e. The molecule has 2 atom stereocenters. The third kappa shape index (κ3) is 3.83. The Labute approximate surface area is 100 Å². The highest BCUT2D eigenvalue weighted by molar-refractivity contribution is 5.88. The maximum absolute atomic E-state index is 10.9. The van der Waals surface area contributed by atoms with Gasteiger partial charge in [-0.25, -0.2) is 4.79 Å². The molecule has 1 aromatic heterocycles. The highest BCUT2D eigenvalue weighted by Gasteiger charge is 2.15. The summed E-state index contributed by atoms with van der Waals surface area (Å²) in [5.74, 6) is -0.974. The Bertz CT molecular complexity index is 387. The minimum absolute atomic E-state index is 0.117. The monoisotopic (exact) mass is 241 g/mol. The summed E-state index contributed by atoms with van der Waals surface area (Å²) in [6.07, 6.45) is 1.60. The SMILES string of the molecule is CC(O)CC(C)NCc1c(C(=O)O)cnn1C. The van der Waals surface area contributed by atoms with Gasteiger partial charge in [-0.15, -0.1) is 0 Å². The molecule has 0 radical (unpaired) electrons. The van der Waals surface area contributed by atoms with Crippen LogP contribution in [0.5, 0.6) is 0 Å². The van der Waals surface area contributed by atoms with Gasteiger partial charge >= 0.3 is 5.97 Å². The number of aliphatic hydroxyl groups excluding tert-OH is 1. The summed E-state index contributed by atoms with van der Waals surface area (Å²) in [6.45, 7) is 4.10. The Morgan fingerprint density at radius 1 is 1.59 bits per heavy atom. The topological polar surface area (TPSA) is 87.4 Å². The zero-order valence-corrected chi connectivity index (χ0v) is 10.3. The quantitative estimate of drug-likeness (QED) is 0.669. The number of hydrogen-bond donors (Lipinski definition) is 3. The molecule has 0 fully saturated rings. The number of aromatic carboxylic acids is 1. The summed E-state index contributed by atoms with van der Waals surface area (Å²) in [5.41, 5.74) is 0.846. The number of nitrogens with one attached hydrogen (secondary N) is 1. The summed E-state index contributed by atoms with van der Waals surface area (Å²) < 4.78 is 1.55. The highest BCUT2D eigenvalue weighted by Crippen LogP contribution is 2.08. The fourth-order valence-corrected chi connectivity index (χ4v) is 1.72. The molecule has 96 valence electrons. The lowest BCUT2D eigenvalue weighted by Crippen LogP contribution is -2.30. The minimum atomic E-state index is -0.974. The number of carbonyl (C=O) groups is 1. The van der Waals surface area contributed by atoms with E-state index in [1.807, 2.05) is 6.92 Å². The van der Waals surface area contributed by atoms with Crippen molar-refractivity contribution in [2.24, 2.45) is 7.05 Å². The van der Waals surface area contributed by atoms with Crippen LogP contribution in [0.4, 0.5) is 0 Å². The molecule has 0 spiro atoms. The predicted molar refractivity (Wildman–Crippen MR) is 62.8 cm³/mol. The molecule has 0 amide bonds. The predicted octanol–water partition coefficient (Wildman–Crippen LogP) is 0.367. The van der Waals surface area contributed by atoms with Crippen molar-refractivity contribution in [3.05, 3.63) is 17.5 Å². The lowest BCUT2D eigenvalue weighted by molar-refractivity contribution is 0.0695. The summed E-state index contributed by atoms with van der Waals surface area (Å²) >= 11 is 0. The van der Waals surface area contributed by atoms with Crippen LogP contribution in [-0.2, 0) is 13.6 Å². The van der Waals surface area contributed by atoms with Crippen LogP contribution in [0.25, 0.3) is 0 Å². The van der Waals surface area contributed by atoms with Crippen molar-refractivity contribution in [2.45, 2.75) is 39.0 Å². The Balaban J connectivity index is 2.62.